The molecule has 1 unspecified atom stereocenters. The number of piperidine rings is 1. The quantitative estimate of drug-likeness (QED) is 0.245. The molecule has 3 rings (SSSR count). The van der Waals surface area contributed by atoms with Crippen LogP contribution in [0.3, 0.4) is 0 Å². The van der Waals surface area contributed by atoms with Crippen LogP contribution < -0.4 is 16.4 Å². The lowest BCUT2D eigenvalue weighted by Crippen LogP contribution is -2.40. The molecule has 4 N–H and O–H groups in total. The summed E-state index contributed by atoms with van der Waals surface area (Å²) in [5, 5.41) is 7.91. The van der Waals surface area contributed by atoms with Crippen molar-refractivity contribution < 1.29 is 4.79 Å². The molecule has 0 radical (unpaired) electrons. The number of hydrogen-bond acceptors (Lipinski definition) is 5. The summed E-state index contributed by atoms with van der Waals surface area (Å²) in [6, 6.07) is 8.57. The molecule has 0 bridgehead atoms. The molecule has 9 heteroatoms. The number of carbonyl (C=O) groups is 1. The number of rotatable bonds is 9. The fourth-order valence-corrected chi connectivity index (χ4v) is 4.71. The van der Waals surface area contributed by atoms with Crippen LogP contribution in [0.1, 0.15) is 40.8 Å². The number of nitrogens with two attached hydrogens (primary N) is 1. The molecule has 1 amide bonds. The Morgan fingerprint density at radius 2 is 2.16 bits per heavy atom. The lowest BCUT2D eigenvalue weighted by Gasteiger charge is -2.31. The van der Waals surface area contributed by atoms with Gasteiger partial charge < -0.3 is 16.4 Å². The summed E-state index contributed by atoms with van der Waals surface area (Å²) in [7, 11) is 1.79. The van der Waals surface area contributed by atoms with E-state index in [1.54, 1.807) is 18.4 Å². The number of aryl methyl sites for hydroxylation is 1. The molecule has 1 aromatic heterocycles. The van der Waals surface area contributed by atoms with Crippen LogP contribution in [0.25, 0.3) is 0 Å². The Morgan fingerprint density at radius 3 is 2.88 bits per heavy atom. The van der Waals surface area contributed by atoms with E-state index in [-0.39, 0.29) is 35.8 Å². The number of amides is 1. The summed E-state index contributed by atoms with van der Waals surface area (Å²) >= 11 is 1.78. The molecule has 0 spiro atoms. The number of aromatic nitrogens is 1. The van der Waals surface area contributed by atoms with Crippen LogP contribution in [0.5, 0.6) is 0 Å². The average Bonchev–Trinajstić information content (AvgIpc) is 3.24. The highest BCUT2D eigenvalue weighted by molar-refractivity contribution is 14.0. The van der Waals surface area contributed by atoms with Crippen molar-refractivity contribution in [3.05, 3.63) is 51.5 Å². The molecule has 1 aliphatic heterocycles. The molecule has 1 aromatic carbocycles. The number of hydrogen-bond donors (Lipinski definition) is 3. The van der Waals surface area contributed by atoms with Crippen molar-refractivity contribution in [3.8, 4) is 0 Å². The minimum Gasteiger partial charge on any atom is -0.369 e. The molecule has 2 aromatic rings. The van der Waals surface area contributed by atoms with Crippen LogP contribution in [0.2, 0.25) is 0 Å². The van der Waals surface area contributed by atoms with Crippen LogP contribution in [-0.2, 0) is 30.7 Å². The van der Waals surface area contributed by atoms with Crippen molar-refractivity contribution in [2.24, 2.45) is 16.6 Å². The summed E-state index contributed by atoms with van der Waals surface area (Å²) in [5.41, 5.74) is 7.97. The van der Waals surface area contributed by atoms with Gasteiger partial charge in [-0.1, -0.05) is 31.2 Å². The number of thiazole rings is 1. The van der Waals surface area contributed by atoms with Crippen LogP contribution in [-0.4, -0.2) is 48.4 Å². The molecule has 1 aliphatic rings. The van der Waals surface area contributed by atoms with Crippen molar-refractivity contribution in [2.75, 3.05) is 26.7 Å². The Morgan fingerprint density at radius 1 is 1.34 bits per heavy atom. The van der Waals surface area contributed by atoms with Gasteiger partial charge in [-0.3, -0.25) is 14.7 Å². The van der Waals surface area contributed by atoms with Gasteiger partial charge in [-0.15, -0.1) is 35.3 Å². The summed E-state index contributed by atoms with van der Waals surface area (Å²) in [6.45, 7) is 6.27. The first-order chi connectivity index (χ1) is 15.1. The minimum absolute atomic E-state index is 0. The number of benzene rings is 1. The van der Waals surface area contributed by atoms with Gasteiger partial charge >= 0.3 is 0 Å². The monoisotopic (exact) mass is 570 g/mol. The van der Waals surface area contributed by atoms with Gasteiger partial charge in [0, 0.05) is 50.7 Å². The lowest BCUT2D eigenvalue weighted by molar-refractivity contribution is -0.123. The van der Waals surface area contributed by atoms with Crippen molar-refractivity contribution >= 4 is 47.2 Å². The first-order valence-corrected chi connectivity index (χ1v) is 11.9. The van der Waals surface area contributed by atoms with E-state index in [0.29, 0.717) is 6.54 Å². The van der Waals surface area contributed by atoms with E-state index in [1.165, 1.54) is 16.0 Å². The Bertz CT molecular complexity index is 887. The van der Waals surface area contributed by atoms with Crippen LogP contribution in [0.4, 0.5) is 0 Å². The molecule has 1 fully saturated rings. The maximum atomic E-state index is 11.5. The van der Waals surface area contributed by atoms with Crippen LogP contribution in [0.15, 0.2) is 35.5 Å². The van der Waals surface area contributed by atoms with Gasteiger partial charge in [0.25, 0.3) is 0 Å². The van der Waals surface area contributed by atoms with Crippen molar-refractivity contribution in [3.63, 3.8) is 0 Å². The zero-order valence-corrected chi connectivity index (χ0v) is 22.1. The second-order valence-corrected chi connectivity index (χ2v) is 9.17. The molecule has 32 heavy (non-hydrogen) atoms. The predicted octanol–water partition coefficient (Wildman–Crippen LogP) is 2.93. The van der Waals surface area contributed by atoms with Gasteiger partial charge in [0.1, 0.15) is 0 Å². The van der Waals surface area contributed by atoms with E-state index in [0.717, 1.165) is 62.8 Å². The second kappa shape index (κ2) is 13.7. The molecule has 0 aliphatic carbocycles. The number of carbonyl (C=O) groups excluding carboxylic acids is 1. The SMILES string of the molecule is CCc1cnc(CCNC(=NC)NCc2cccc(CN3CCCC(C(N)=O)C3)c2)s1.I. The third kappa shape index (κ3) is 8.32. The summed E-state index contributed by atoms with van der Waals surface area (Å²) < 4.78 is 0. The molecule has 176 valence electrons. The standard InChI is InChI=1S/C23H34N6OS.HI/c1-3-20-14-27-21(31-20)9-10-26-23(25-2)28-13-17-6-4-7-18(12-17)15-29-11-5-8-19(16-29)22(24)30;/h4,6-7,12,14,19H,3,5,8-11,13,15-16H2,1-2H3,(H2,24,30)(H2,25,26,28);1H. The molecular formula is C23H35IN6OS. The number of aliphatic imine (C=N–C) groups is 1. The van der Waals surface area contributed by atoms with Gasteiger partial charge in [-0.25, -0.2) is 4.98 Å². The predicted molar refractivity (Wildman–Crippen MR) is 142 cm³/mol. The average molecular weight is 571 g/mol. The van der Waals surface area contributed by atoms with Crippen molar-refractivity contribution in [2.45, 2.75) is 45.7 Å². The lowest BCUT2D eigenvalue weighted by atomic mass is 9.97. The molecular weight excluding hydrogens is 535 g/mol. The largest absolute Gasteiger partial charge is 0.369 e. The number of primary amides is 1. The van der Waals surface area contributed by atoms with E-state index in [2.05, 4.69) is 56.7 Å². The molecule has 2 heterocycles. The van der Waals surface area contributed by atoms with Gasteiger partial charge in [0.15, 0.2) is 5.96 Å². The fraction of sp³-hybridized carbons (Fsp3) is 0.522. The van der Waals surface area contributed by atoms with Crippen molar-refractivity contribution in [1.82, 2.24) is 20.5 Å². The number of halogens is 1. The zero-order chi connectivity index (χ0) is 22.1. The number of guanidine groups is 1. The summed E-state index contributed by atoms with van der Waals surface area (Å²) in [5.74, 6) is 0.589. The minimum atomic E-state index is -0.179. The van der Waals surface area contributed by atoms with E-state index < -0.39 is 0 Å². The molecule has 7 nitrogen and oxygen atoms in total. The highest BCUT2D eigenvalue weighted by atomic mass is 127. The van der Waals surface area contributed by atoms with Gasteiger partial charge in [-0.05, 0) is 36.9 Å². The maximum Gasteiger partial charge on any atom is 0.221 e. The smallest absolute Gasteiger partial charge is 0.221 e. The zero-order valence-electron chi connectivity index (χ0n) is 19.0. The van der Waals surface area contributed by atoms with Crippen LogP contribution in [0, 0.1) is 5.92 Å². The fourth-order valence-electron chi connectivity index (χ4n) is 3.85. The second-order valence-electron chi connectivity index (χ2n) is 7.97. The molecule has 0 saturated carbocycles. The Labute approximate surface area is 212 Å². The summed E-state index contributed by atoms with van der Waals surface area (Å²) in [6.07, 6.45) is 5.83. The van der Waals surface area contributed by atoms with E-state index in [4.69, 9.17) is 5.73 Å². The normalized spacial score (nSPS) is 16.9. The van der Waals surface area contributed by atoms with Gasteiger partial charge in [0.2, 0.25) is 5.91 Å². The van der Waals surface area contributed by atoms with Crippen LogP contribution >= 0.6 is 35.3 Å². The number of nitrogens with one attached hydrogen (secondary N) is 2. The number of likely N-dealkylation sites (tertiary alicyclic amines) is 1. The first kappa shape index (κ1) is 26.5. The topological polar surface area (TPSA) is 95.6 Å². The molecule has 1 saturated heterocycles. The van der Waals surface area contributed by atoms with Gasteiger partial charge in [0.05, 0.1) is 10.9 Å². The Hall–Kier alpha value is -1.72. The summed E-state index contributed by atoms with van der Waals surface area (Å²) in [4.78, 5) is 24.0. The third-order valence-electron chi connectivity index (χ3n) is 5.57. The number of nitrogens with zero attached hydrogens (tertiary/aromatic N) is 3. The van der Waals surface area contributed by atoms with E-state index in [9.17, 15) is 4.79 Å². The van der Waals surface area contributed by atoms with E-state index in [1.807, 2.05) is 6.20 Å². The Balaban J connectivity index is 0.00000363. The third-order valence-corrected chi connectivity index (χ3v) is 6.77. The van der Waals surface area contributed by atoms with Crippen molar-refractivity contribution in [1.29, 1.82) is 0 Å². The maximum absolute atomic E-state index is 11.5. The van der Waals surface area contributed by atoms with Gasteiger partial charge in [-0.2, -0.15) is 0 Å². The first-order valence-electron chi connectivity index (χ1n) is 11.0. The Kier molecular flexibility index (Phi) is 11.4. The highest BCUT2D eigenvalue weighted by Gasteiger charge is 2.23. The van der Waals surface area contributed by atoms with E-state index >= 15 is 0 Å². The molecule has 1 atom stereocenters. The highest BCUT2D eigenvalue weighted by Crippen LogP contribution is 2.19.